The van der Waals surface area contributed by atoms with Crippen molar-refractivity contribution in [3.05, 3.63) is 17.5 Å². The Morgan fingerprint density at radius 3 is 2.72 bits per heavy atom. The van der Waals surface area contributed by atoms with Crippen molar-refractivity contribution in [2.24, 2.45) is 0 Å². The van der Waals surface area contributed by atoms with Crippen molar-refractivity contribution in [3.63, 3.8) is 0 Å². The maximum absolute atomic E-state index is 11.4. The van der Waals surface area contributed by atoms with E-state index in [4.69, 9.17) is 0 Å². The minimum atomic E-state index is -0.897. The highest BCUT2D eigenvalue weighted by Crippen LogP contribution is 2.16. The smallest absolute Gasteiger partial charge is 0.354 e. The molecule has 1 aliphatic heterocycles. The lowest BCUT2D eigenvalue weighted by Gasteiger charge is -2.26. The minimum absolute atomic E-state index is 0.0628. The third kappa shape index (κ3) is 2.70. The van der Waals surface area contributed by atoms with Gasteiger partial charge in [0.1, 0.15) is 0 Å². The van der Waals surface area contributed by atoms with E-state index in [2.05, 4.69) is 15.3 Å². The van der Waals surface area contributed by atoms with E-state index < -0.39 is 5.97 Å². The largest absolute Gasteiger partial charge is 0.477 e. The molecular weight excluding hydrogens is 232 g/mol. The summed E-state index contributed by atoms with van der Waals surface area (Å²) in [6, 6.07) is 0.0628. The van der Waals surface area contributed by atoms with E-state index in [1.54, 1.807) is 10.9 Å². The van der Waals surface area contributed by atoms with Crippen LogP contribution in [-0.2, 0) is 6.54 Å². The molecule has 1 aromatic heterocycles. The van der Waals surface area contributed by atoms with Gasteiger partial charge in [0.25, 0.3) is 0 Å². The number of carboxylic acid groups (broad SMARTS) is 1. The van der Waals surface area contributed by atoms with Crippen LogP contribution in [0.4, 0.5) is 0 Å². The molecule has 6 nitrogen and oxygen atoms in total. The fourth-order valence-corrected chi connectivity index (χ4v) is 2.25. The fourth-order valence-electron chi connectivity index (χ4n) is 2.25. The Hall–Kier alpha value is -1.40. The molecule has 0 aliphatic carbocycles. The van der Waals surface area contributed by atoms with Gasteiger partial charge in [-0.1, -0.05) is 0 Å². The van der Waals surface area contributed by atoms with Gasteiger partial charge in [-0.25, -0.2) is 4.79 Å². The number of nitrogens with zero attached hydrogens (tertiary/aromatic N) is 3. The average Bonchev–Trinajstić information content (AvgIpc) is 2.74. The second-order valence-corrected chi connectivity index (χ2v) is 4.89. The van der Waals surface area contributed by atoms with E-state index in [0.717, 1.165) is 31.7 Å². The summed E-state index contributed by atoms with van der Waals surface area (Å²) in [5.41, 5.74) is 1.13. The summed E-state index contributed by atoms with van der Waals surface area (Å²) < 4.78 is 1.58. The molecule has 0 atom stereocenters. The Bertz CT molecular complexity index is 422. The molecule has 1 fully saturated rings. The lowest BCUT2D eigenvalue weighted by atomic mass is 10.2. The standard InChI is InChI=1S/C12H20N4O2/c1-9(2)16-11(12(17)18)10(7-14-16)8-15-5-3-13-4-6-15/h7,9,13H,3-6,8H2,1-2H3,(H,17,18). The van der Waals surface area contributed by atoms with Gasteiger partial charge in [-0.3, -0.25) is 9.58 Å². The summed E-state index contributed by atoms with van der Waals surface area (Å²) >= 11 is 0. The molecular formula is C12H20N4O2. The van der Waals surface area contributed by atoms with Crippen LogP contribution in [0.25, 0.3) is 0 Å². The van der Waals surface area contributed by atoms with E-state index in [9.17, 15) is 9.90 Å². The van der Waals surface area contributed by atoms with Crippen LogP contribution < -0.4 is 5.32 Å². The van der Waals surface area contributed by atoms with Gasteiger partial charge >= 0.3 is 5.97 Å². The molecule has 0 unspecified atom stereocenters. The van der Waals surface area contributed by atoms with Crippen LogP contribution in [0.15, 0.2) is 6.20 Å². The lowest BCUT2D eigenvalue weighted by molar-refractivity contribution is 0.0678. The van der Waals surface area contributed by atoms with Crippen molar-refractivity contribution in [1.82, 2.24) is 20.0 Å². The Morgan fingerprint density at radius 1 is 1.50 bits per heavy atom. The molecule has 0 amide bonds. The number of aromatic carboxylic acids is 1. The van der Waals surface area contributed by atoms with Crippen molar-refractivity contribution in [2.75, 3.05) is 26.2 Å². The minimum Gasteiger partial charge on any atom is -0.477 e. The van der Waals surface area contributed by atoms with Crippen LogP contribution in [0.3, 0.4) is 0 Å². The summed E-state index contributed by atoms with van der Waals surface area (Å²) in [6.07, 6.45) is 1.69. The molecule has 0 aromatic carbocycles. The van der Waals surface area contributed by atoms with E-state index in [1.165, 1.54) is 0 Å². The van der Waals surface area contributed by atoms with Gasteiger partial charge in [0.15, 0.2) is 5.69 Å². The van der Waals surface area contributed by atoms with Crippen molar-refractivity contribution in [1.29, 1.82) is 0 Å². The maximum atomic E-state index is 11.4. The summed E-state index contributed by atoms with van der Waals surface area (Å²) in [5.74, 6) is -0.897. The predicted octanol–water partition coefficient (Wildman–Crippen LogP) is 0.567. The first-order chi connectivity index (χ1) is 8.59. The van der Waals surface area contributed by atoms with Gasteiger partial charge in [0, 0.05) is 44.3 Å². The van der Waals surface area contributed by atoms with Gasteiger partial charge in [-0.05, 0) is 13.8 Å². The number of carboxylic acids is 1. The average molecular weight is 252 g/mol. The maximum Gasteiger partial charge on any atom is 0.354 e. The van der Waals surface area contributed by atoms with E-state index in [1.807, 2.05) is 13.8 Å². The summed E-state index contributed by atoms with van der Waals surface area (Å²) in [5, 5.41) is 16.8. The second kappa shape index (κ2) is 5.49. The molecule has 18 heavy (non-hydrogen) atoms. The van der Waals surface area contributed by atoms with Crippen molar-refractivity contribution < 1.29 is 9.90 Å². The van der Waals surface area contributed by atoms with Gasteiger partial charge in [-0.2, -0.15) is 5.10 Å². The van der Waals surface area contributed by atoms with E-state index in [0.29, 0.717) is 12.2 Å². The molecule has 0 radical (unpaired) electrons. The zero-order valence-corrected chi connectivity index (χ0v) is 10.9. The molecule has 2 N–H and O–H groups in total. The Kier molecular flexibility index (Phi) is 3.98. The van der Waals surface area contributed by atoms with Crippen LogP contribution in [0, 0.1) is 0 Å². The van der Waals surface area contributed by atoms with Crippen LogP contribution in [0.2, 0.25) is 0 Å². The molecule has 100 valence electrons. The molecule has 0 bridgehead atoms. The van der Waals surface area contributed by atoms with E-state index in [-0.39, 0.29) is 6.04 Å². The molecule has 1 aliphatic rings. The molecule has 1 saturated heterocycles. The van der Waals surface area contributed by atoms with Gasteiger partial charge < -0.3 is 10.4 Å². The topological polar surface area (TPSA) is 70.4 Å². The van der Waals surface area contributed by atoms with Crippen molar-refractivity contribution in [3.8, 4) is 0 Å². The number of rotatable bonds is 4. The molecule has 0 saturated carbocycles. The van der Waals surface area contributed by atoms with Crippen LogP contribution in [-0.4, -0.2) is 51.9 Å². The molecule has 2 rings (SSSR count). The fraction of sp³-hybridized carbons (Fsp3) is 0.667. The third-order valence-electron chi connectivity index (χ3n) is 3.17. The number of aromatic nitrogens is 2. The summed E-state index contributed by atoms with van der Waals surface area (Å²) in [7, 11) is 0. The zero-order chi connectivity index (χ0) is 13.1. The Labute approximate surface area is 107 Å². The van der Waals surface area contributed by atoms with Crippen LogP contribution >= 0.6 is 0 Å². The predicted molar refractivity (Wildman–Crippen MR) is 67.7 cm³/mol. The first-order valence-electron chi connectivity index (χ1n) is 6.32. The number of hydrogen-bond donors (Lipinski definition) is 2. The van der Waals surface area contributed by atoms with Crippen LogP contribution in [0.5, 0.6) is 0 Å². The van der Waals surface area contributed by atoms with Gasteiger partial charge in [0.05, 0.1) is 6.20 Å². The normalized spacial score (nSPS) is 17.3. The number of piperazine rings is 1. The summed E-state index contributed by atoms with van der Waals surface area (Å²) in [6.45, 7) is 8.36. The van der Waals surface area contributed by atoms with Gasteiger partial charge in [0.2, 0.25) is 0 Å². The highest BCUT2D eigenvalue weighted by atomic mass is 16.4. The van der Waals surface area contributed by atoms with Gasteiger partial charge in [-0.15, -0.1) is 0 Å². The Balaban J connectivity index is 2.19. The second-order valence-electron chi connectivity index (χ2n) is 4.89. The van der Waals surface area contributed by atoms with E-state index >= 15 is 0 Å². The molecule has 0 spiro atoms. The zero-order valence-electron chi connectivity index (χ0n) is 10.9. The van der Waals surface area contributed by atoms with Crippen molar-refractivity contribution >= 4 is 5.97 Å². The Morgan fingerprint density at radius 2 is 2.17 bits per heavy atom. The molecule has 1 aromatic rings. The highest BCUT2D eigenvalue weighted by molar-refractivity contribution is 5.87. The SMILES string of the molecule is CC(C)n1ncc(CN2CCNCC2)c1C(=O)O. The van der Waals surface area contributed by atoms with Crippen LogP contribution in [0.1, 0.15) is 35.9 Å². The number of carbonyl (C=O) groups is 1. The lowest BCUT2D eigenvalue weighted by Crippen LogP contribution is -2.43. The first-order valence-corrected chi connectivity index (χ1v) is 6.32. The first kappa shape index (κ1) is 13.0. The van der Waals surface area contributed by atoms with Crippen molar-refractivity contribution in [2.45, 2.75) is 26.4 Å². The monoisotopic (exact) mass is 252 g/mol. The molecule has 2 heterocycles. The highest BCUT2D eigenvalue weighted by Gasteiger charge is 2.21. The molecule has 6 heteroatoms. The third-order valence-corrected chi connectivity index (χ3v) is 3.17. The summed E-state index contributed by atoms with van der Waals surface area (Å²) in [4.78, 5) is 13.6. The quantitative estimate of drug-likeness (QED) is 0.819. The number of hydrogen-bond acceptors (Lipinski definition) is 4. The number of nitrogens with one attached hydrogen (secondary N) is 1.